The second-order valence-corrected chi connectivity index (χ2v) is 6.19. The maximum absolute atomic E-state index is 6.24. The average molecular weight is 301 g/mol. The molecular formula is C15H22Cl2N2. The number of halogens is 2. The minimum atomic E-state index is -0.0353. The first-order valence-electron chi connectivity index (χ1n) is 7.03. The summed E-state index contributed by atoms with van der Waals surface area (Å²) in [5.74, 6) is 0.867. The summed E-state index contributed by atoms with van der Waals surface area (Å²) in [6.07, 6.45) is 3.53. The van der Waals surface area contributed by atoms with Crippen LogP contribution in [-0.4, -0.2) is 24.5 Å². The van der Waals surface area contributed by atoms with Crippen molar-refractivity contribution in [2.45, 2.75) is 32.2 Å². The van der Waals surface area contributed by atoms with Crippen molar-refractivity contribution in [3.63, 3.8) is 0 Å². The number of nitrogens with two attached hydrogens (primary N) is 1. The van der Waals surface area contributed by atoms with Gasteiger partial charge in [-0.1, -0.05) is 48.7 Å². The first-order valence-corrected chi connectivity index (χ1v) is 7.79. The fourth-order valence-corrected chi connectivity index (χ4v) is 3.18. The van der Waals surface area contributed by atoms with Gasteiger partial charge in [-0.05, 0) is 43.5 Å². The average Bonchev–Trinajstić information content (AvgIpc) is 2.87. The third-order valence-electron chi connectivity index (χ3n) is 4.08. The van der Waals surface area contributed by atoms with E-state index in [2.05, 4.69) is 11.8 Å². The van der Waals surface area contributed by atoms with Crippen LogP contribution in [0.5, 0.6) is 0 Å². The highest BCUT2D eigenvalue weighted by Crippen LogP contribution is 2.30. The quantitative estimate of drug-likeness (QED) is 0.886. The molecule has 0 aliphatic carbocycles. The van der Waals surface area contributed by atoms with E-state index in [9.17, 15) is 0 Å². The number of rotatable bonds is 5. The van der Waals surface area contributed by atoms with Gasteiger partial charge in [0.05, 0.1) is 10.0 Å². The minimum Gasteiger partial charge on any atom is -0.324 e. The van der Waals surface area contributed by atoms with Crippen LogP contribution < -0.4 is 5.73 Å². The van der Waals surface area contributed by atoms with E-state index in [1.54, 1.807) is 6.07 Å². The molecule has 2 atom stereocenters. The molecule has 19 heavy (non-hydrogen) atoms. The molecule has 2 unspecified atom stereocenters. The number of hydrogen-bond acceptors (Lipinski definition) is 2. The van der Waals surface area contributed by atoms with Crippen LogP contribution in [0.2, 0.25) is 10.0 Å². The van der Waals surface area contributed by atoms with E-state index >= 15 is 0 Å². The van der Waals surface area contributed by atoms with E-state index in [4.69, 9.17) is 28.9 Å². The number of hydrogen-bond donors (Lipinski definition) is 1. The van der Waals surface area contributed by atoms with Crippen LogP contribution in [0.1, 0.15) is 37.8 Å². The lowest BCUT2D eigenvalue weighted by atomic mass is 10.0. The van der Waals surface area contributed by atoms with Crippen LogP contribution in [0.4, 0.5) is 0 Å². The molecule has 0 bridgehead atoms. The Morgan fingerprint density at radius 2 is 2.21 bits per heavy atom. The van der Waals surface area contributed by atoms with Crippen LogP contribution in [0.3, 0.4) is 0 Å². The van der Waals surface area contributed by atoms with Crippen LogP contribution in [0.25, 0.3) is 0 Å². The molecular weight excluding hydrogens is 279 g/mol. The normalized spacial score (nSPS) is 21.8. The summed E-state index contributed by atoms with van der Waals surface area (Å²) in [5.41, 5.74) is 7.20. The second kappa shape index (κ2) is 6.94. The molecule has 4 heteroatoms. The molecule has 0 saturated carbocycles. The highest BCUT2D eigenvalue weighted by Gasteiger charge is 2.21. The largest absolute Gasteiger partial charge is 0.324 e. The summed E-state index contributed by atoms with van der Waals surface area (Å²) in [5, 5.41) is 1.19. The standard InChI is InChI=1S/C15H22Cl2N2/c1-2-11-6-8-19(10-11)9-7-14(18)12-4-3-5-13(16)15(12)17/h3-5,11,14H,2,6-10,18H2,1H3. The smallest absolute Gasteiger partial charge is 0.0640 e. The summed E-state index contributed by atoms with van der Waals surface area (Å²) in [4.78, 5) is 2.51. The summed E-state index contributed by atoms with van der Waals surface area (Å²) < 4.78 is 0. The highest BCUT2D eigenvalue weighted by atomic mass is 35.5. The summed E-state index contributed by atoms with van der Waals surface area (Å²) >= 11 is 12.2. The van der Waals surface area contributed by atoms with Crippen LogP contribution in [0.15, 0.2) is 18.2 Å². The zero-order chi connectivity index (χ0) is 13.8. The highest BCUT2D eigenvalue weighted by molar-refractivity contribution is 6.42. The summed E-state index contributed by atoms with van der Waals surface area (Å²) in [7, 11) is 0. The van der Waals surface area contributed by atoms with Gasteiger partial charge in [0.2, 0.25) is 0 Å². The fraction of sp³-hybridized carbons (Fsp3) is 0.600. The monoisotopic (exact) mass is 300 g/mol. The van der Waals surface area contributed by atoms with Crippen molar-refractivity contribution in [3.05, 3.63) is 33.8 Å². The zero-order valence-corrected chi connectivity index (χ0v) is 12.9. The molecule has 1 heterocycles. The summed E-state index contributed by atoms with van der Waals surface area (Å²) in [6.45, 7) is 5.73. The van der Waals surface area contributed by atoms with Crippen LogP contribution in [0, 0.1) is 5.92 Å². The topological polar surface area (TPSA) is 29.3 Å². The third-order valence-corrected chi connectivity index (χ3v) is 4.92. The molecule has 106 valence electrons. The molecule has 1 aliphatic heterocycles. The first kappa shape index (κ1) is 15.1. The molecule has 0 spiro atoms. The number of nitrogens with zero attached hydrogens (tertiary/aromatic N) is 1. The van der Waals surface area contributed by atoms with E-state index < -0.39 is 0 Å². The van der Waals surface area contributed by atoms with Gasteiger partial charge in [0.25, 0.3) is 0 Å². The van der Waals surface area contributed by atoms with Gasteiger partial charge in [-0.25, -0.2) is 0 Å². The predicted octanol–water partition coefficient (Wildman–Crippen LogP) is 4.12. The van der Waals surface area contributed by atoms with Gasteiger partial charge in [0, 0.05) is 12.6 Å². The molecule has 2 rings (SSSR count). The molecule has 2 nitrogen and oxygen atoms in total. The van der Waals surface area contributed by atoms with E-state index in [0.717, 1.165) is 24.4 Å². The van der Waals surface area contributed by atoms with E-state index in [1.165, 1.54) is 25.9 Å². The lowest BCUT2D eigenvalue weighted by Crippen LogP contribution is -2.25. The molecule has 1 fully saturated rings. The molecule has 0 amide bonds. The van der Waals surface area contributed by atoms with Gasteiger partial charge in [0.1, 0.15) is 0 Å². The Kier molecular flexibility index (Phi) is 5.52. The molecule has 2 N–H and O–H groups in total. The molecule has 1 aromatic rings. The SMILES string of the molecule is CCC1CCN(CCC(N)c2cccc(Cl)c2Cl)C1. The molecule has 0 radical (unpaired) electrons. The maximum atomic E-state index is 6.24. The summed E-state index contributed by atoms with van der Waals surface area (Å²) in [6, 6.07) is 5.64. The second-order valence-electron chi connectivity index (χ2n) is 5.40. The Morgan fingerprint density at radius 3 is 2.89 bits per heavy atom. The van der Waals surface area contributed by atoms with Crippen molar-refractivity contribution in [2.24, 2.45) is 11.7 Å². The van der Waals surface area contributed by atoms with Gasteiger partial charge in [0.15, 0.2) is 0 Å². The van der Waals surface area contributed by atoms with Gasteiger partial charge >= 0.3 is 0 Å². The Hall–Kier alpha value is -0.280. The van der Waals surface area contributed by atoms with Crippen molar-refractivity contribution in [2.75, 3.05) is 19.6 Å². The number of benzene rings is 1. The fourth-order valence-electron chi connectivity index (χ4n) is 2.73. The van der Waals surface area contributed by atoms with Gasteiger partial charge < -0.3 is 10.6 Å². The Bertz CT molecular complexity index is 423. The van der Waals surface area contributed by atoms with Crippen molar-refractivity contribution in [3.8, 4) is 0 Å². The first-order chi connectivity index (χ1) is 9.11. The van der Waals surface area contributed by atoms with E-state index in [0.29, 0.717) is 10.0 Å². The maximum Gasteiger partial charge on any atom is 0.0640 e. The van der Waals surface area contributed by atoms with Crippen molar-refractivity contribution >= 4 is 23.2 Å². The van der Waals surface area contributed by atoms with E-state index in [1.807, 2.05) is 12.1 Å². The third kappa shape index (κ3) is 3.85. The Balaban J connectivity index is 1.88. The van der Waals surface area contributed by atoms with Crippen molar-refractivity contribution in [1.82, 2.24) is 4.90 Å². The predicted molar refractivity (Wildman–Crippen MR) is 82.8 cm³/mol. The minimum absolute atomic E-state index is 0.0353. The molecule has 1 aromatic carbocycles. The number of likely N-dealkylation sites (tertiary alicyclic amines) is 1. The lowest BCUT2D eigenvalue weighted by Gasteiger charge is -2.20. The van der Waals surface area contributed by atoms with Crippen molar-refractivity contribution < 1.29 is 0 Å². The van der Waals surface area contributed by atoms with Gasteiger partial charge in [-0.15, -0.1) is 0 Å². The molecule has 0 aromatic heterocycles. The van der Waals surface area contributed by atoms with E-state index in [-0.39, 0.29) is 6.04 Å². The lowest BCUT2D eigenvalue weighted by molar-refractivity contribution is 0.308. The Labute approximate surface area is 125 Å². The molecule has 1 aliphatic rings. The van der Waals surface area contributed by atoms with Crippen LogP contribution >= 0.6 is 23.2 Å². The Morgan fingerprint density at radius 1 is 1.42 bits per heavy atom. The van der Waals surface area contributed by atoms with Gasteiger partial charge in [-0.2, -0.15) is 0 Å². The molecule has 1 saturated heterocycles. The zero-order valence-electron chi connectivity index (χ0n) is 11.4. The van der Waals surface area contributed by atoms with Crippen molar-refractivity contribution in [1.29, 1.82) is 0 Å². The van der Waals surface area contributed by atoms with Crippen LogP contribution in [-0.2, 0) is 0 Å². The van der Waals surface area contributed by atoms with Gasteiger partial charge in [-0.3, -0.25) is 0 Å².